The molecule has 1 aliphatic carbocycles. The summed E-state index contributed by atoms with van der Waals surface area (Å²) in [4.78, 5) is 8.29. The third-order valence-electron chi connectivity index (χ3n) is 4.89. The lowest BCUT2D eigenvalue weighted by atomic mass is 10.1. The zero-order chi connectivity index (χ0) is 19.6. The molecule has 0 radical (unpaired) electrons. The highest BCUT2D eigenvalue weighted by Crippen LogP contribution is 2.55. The predicted molar refractivity (Wildman–Crippen MR) is 91.6 cm³/mol. The molecule has 0 amide bonds. The van der Waals surface area contributed by atoms with E-state index in [0.717, 1.165) is 32.9 Å². The molecule has 5 rings (SSSR count). The van der Waals surface area contributed by atoms with Crippen LogP contribution in [0.25, 0.3) is 16.7 Å². The van der Waals surface area contributed by atoms with Crippen molar-refractivity contribution in [3.05, 3.63) is 53.0 Å². The van der Waals surface area contributed by atoms with Gasteiger partial charge < -0.3 is 0 Å². The van der Waals surface area contributed by atoms with Gasteiger partial charge in [0.05, 0.1) is 17.9 Å². The fourth-order valence-electron chi connectivity index (χ4n) is 3.58. The molecule has 0 spiro atoms. The molecule has 6 nitrogen and oxygen atoms in total. The van der Waals surface area contributed by atoms with E-state index in [-0.39, 0.29) is 17.0 Å². The molecule has 4 heterocycles. The van der Waals surface area contributed by atoms with E-state index >= 15 is 0 Å². The number of nitrogens with zero attached hydrogens (tertiary/aromatic N) is 6. The molecule has 0 unspecified atom stereocenters. The lowest BCUT2D eigenvalue weighted by molar-refractivity contribution is -0.141. The summed E-state index contributed by atoms with van der Waals surface area (Å²) in [5.41, 5.74) is 2.64. The SMILES string of the molecule is Fc1cnc2c([C@@H]3C[C@H]3c3cnc4cnn(CC(F)(F)F)c4c3)cc(Cl)nn12. The topological polar surface area (TPSA) is 60.9 Å². The van der Waals surface area contributed by atoms with Crippen molar-refractivity contribution in [2.75, 3.05) is 0 Å². The second kappa shape index (κ2) is 5.87. The predicted octanol–water partition coefficient (Wildman–Crippen LogP) is 4.10. The molecule has 1 aliphatic rings. The zero-order valence-electron chi connectivity index (χ0n) is 14.0. The van der Waals surface area contributed by atoms with E-state index in [4.69, 9.17) is 11.6 Å². The summed E-state index contributed by atoms with van der Waals surface area (Å²) in [6.45, 7) is -1.18. The smallest absolute Gasteiger partial charge is 0.254 e. The van der Waals surface area contributed by atoms with Gasteiger partial charge in [0, 0.05) is 11.8 Å². The minimum atomic E-state index is -4.37. The summed E-state index contributed by atoms with van der Waals surface area (Å²) in [5, 5.41) is 7.83. The average Bonchev–Trinajstić information content (AvgIpc) is 3.22. The van der Waals surface area contributed by atoms with Gasteiger partial charge in [-0.05, 0) is 36.0 Å². The summed E-state index contributed by atoms with van der Waals surface area (Å²) >= 11 is 6.01. The van der Waals surface area contributed by atoms with Gasteiger partial charge in [0.25, 0.3) is 0 Å². The second-order valence-electron chi connectivity index (χ2n) is 6.78. The summed E-state index contributed by atoms with van der Waals surface area (Å²) < 4.78 is 54.0. The van der Waals surface area contributed by atoms with Crippen LogP contribution in [0, 0.1) is 5.95 Å². The van der Waals surface area contributed by atoms with Crippen LogP contribution in [0.2, 0.25) is 5.15 Å². The molecule has 1 fully saturated rings. The Labute approximate surface area is 159 Å². The van der Waals surface area contributed by atoms with Gasteiger partial charge >= 0.3 is 6.18 Å². The molecule has 2 atom stereocenters. The Hall–Kier alpha value is -2.75. The Kier molecular flexibility index (Phi) is 3.64. The second-order valence-corrected chi connectivity index (χ2v) is 7.17. The number of pyridine rings is 1. The quantitative estimate of drug-likeness (QED) is 0.477. The van der Waals surface area contributed by atoms with Crippen LogP contribution >= 0.6 is 11.6 Å². The van der Waals surface area contributed by atoms with Crippen LogP contribution in [0.4, 0.5) is 17.6 Å². The largest absolute Gasteiger partial charge is 0.408 e. The standard InChI is InChI=1S/C17H11ClF4N6/c18-14-3-11(16-24-6-15(19)28(16)26-14)10-2-9(10)8-1-13-12(23-4-8)5-25-27(13)7-17(20,21)22/h1,3-6,9-10H,2,7H2/t9-,10+/m0/s1. The van der Waals surface area contributed by atoms with Crippen LogP contribution in [0.3, 0.4) is 0 Å². The number of hydrogen-bond acceptors (Lipinski definition) is 4. The van der Waals surface area contributed by atoms with E-state index in [0.29, 0.717) is 16.7 Å². The van der Waals surface area contributed by atoms with Crippen LogP contribution in [0.5, 0.6) is 0 Å². The Morgan fingerprint density at radius 3 is 2.71 bits per heavy atom. The van der Waals surface area contributed by atoms with Crippen LogP contribution in [-0.2, 0) is 6.54 Å². The van der Waals surface area contributed by atoms with Crippen molar-refractivity contribution < 1.29 is 17.6 Å². The lowest BCUT2D eigenvalue weighted by Gasteiger charge is -2.08. The highest BCUT2D eigenvalue weighted by atomic mass is 35.5. The average molecular weight is 411 g/mol. The molecule has 0 aliphatic heterocycles. The maximum absolute atomic E-state index is 13.8. The van der Waals surface area contributed by atoms with E-state index in [1.165, 1.54) is 6.20 Å². The Morgan fingerprint density at radius 1 is 1.11 bits per heavy atom. The normalized spacial score (nSPS) is 19.6. The molecule has 0 bridgehead atoms. The number of rotatable bonds is 3. The molecular weight excluding hydrogens is 400 g/mol. The van der Waals surface area contributed by atoms with Crippen molar-refractivity contribution >= 4 is 28.3 Å². The molecule has 4 aromatic rings. The van der Waals surface area contributed by atoms with Crippen molar-refractivity contribution in [3.63, 3.8) is 0 Å². The van der Waals surface area contributed by atoms with Crippen molar-refractivity contribution in [2.45, 2.75) is 31.0 Å². The minimum Gasteiger partial charge on any atom is -0.254 e. The van der Waals surface area contributed by atoms with Gasteiger partial charge in [0.15, 0.2) is 10.8 Å². The summed E-state index contributed by atoms with van der Waals surface area (Å²) in [6.07, 6.45) is 0.378. The number of fused-ring (bicyclic) bond motifs is 2. The molecule has 144 valence electrons. The first-order valence-corrected chi connectivity index (χ1v) is 8.76. The van der Waals surface area contributed by atoms with Crippen LogP contribution in [0.15, 0.2) is 30.7 Å². The third-order valence-corrected chi connectivity index (χ3v) is 5.07. The first-order valence-electron chi connectivity index (χ1n) is 8.38. The molecule has 0 N–H and O–H groups in total. The van der Waals surface area contributed by atoms with Gasteiger partial charge in [0.2, 0.25) is 5.95 Å². The lowest BCUT2D eigenvalue weighted by Crippen LogP contribution is -2.18. The fraction of sp³-hybridized carbons (Fsp3) is 0.294. The van der Waals surface area contributed by atoms with Crippen LogP contribution < -0.4 is 0 Å². The highest BCUT2D eigenvalue weighted by molar-refractivity contribution is 6.29. The van der Waals surface area contributed by atoms with Gasteiger partial charge in [-0.2, -0.15) is 32.3 Å². The molecule has 1 saturated carbocycles. The number of halogens is 5. The van der Waals surface area contributed by atoms with E-state index in [1.807, 2.05) is 0 Å². The zero-order valence-corrected chi connectivity index (χ0v) is 14.8. The molecule has 4 aromatic heterocycles. The summed E-state index contributed by atoms with van der Waals surface area (Å²) in [6, 6.07) is 3.33. The first-order chi connectivity index (χ1) is 13.3. The molecule has 0 aromatic carbocycles. The Morgan fingerprint density at radius 2 is 1.93 bits per heavy atom. The van der Waals surface area contributed by atoms with Gasteiger partial charge in [-0.3, -0.25) is 9.67 Å². The van der Waals surface area contributed by atoms with Crippen molar-refractivity contribution in [1.29, 1.82) is 0 Å². The monoisotopic (exact) mass is 410 g/mol. The number of alkyl halides is 3. The van der Waals surface area contributed by atoms with Crippen LogP contribution in [0.1, 0.15) is 29.4 Å². The molecule has 11 heteroatoms. The van der Waals surface area contributed by atoms with E-state index < -0.39 is 18.7 Å². The number of aromatic nitrogens is 6. The van der Waals surface area contributed by atoms with E-state index in [1.54, 1.807) is 18.3 Å². The molecule has 28 heavy (non-hydrogen) atoms. The number of imidazole rings is 1. The number of hydrogen-bond donors (Lipinski definition) is 0. The Balaban J connectivity index is 1.51. The first kappa shape index (κ1) is 17.4. The molecular formula is C17H11ClF4N6. The highest BCUT2D eigenvalue weighted by Gasteiger charge is 2.42. The third kappa shape index (κ3) is 2.88. The van der Waals surface area contributed by atoms with Gasteiger partial charge in [-0.25, -0.2) is 4.98 Å². The van der Waals surface area contributed by atoms with E-state index in [2.05, 4.69) is 20.2 Å². The van der Waals surface area contributed by atoms with Crippen molar-refractivity contribution in [3.8, 4) is 0 Å². The maximum atomic E-state index is 13.8. The van der Waals surface area contributed by atoms with Crippen molar-refractivity contribution in [1.82, 2.24) is 29.4 Å². The van der Waals surface area contributed by atoms with Crippen molar-refractivity contribution in [2.24, 2.45) is 0 Å². The molecule has 0 saturated heterocycles. The minimum absolute atomic E-state index is 0.00281. The van der Waals surface area contributed by atoms with Crippen LogP contribution in [-0.4, -0.2) is 35.5 Å². The summed E-state index contributed by atoms with van der Waals surface area (Å²) in [5.74, 6) is -0.591. The Bertz CT molecular complexity index is 1210. The van der Waals surface area contributed by atoms with Gasteiger partial charge in [-0.1, -0.05) is 11.6 Å². The van der Waals surface area contributed by atoms with Gasteiger partial charge in [0.1, 0.15) is 12.1 Å². The van der Waals surface area contributed by atoms with E-state index in [9.17, 15) is 17.6 Å². The summed E-state index contributed by atoms with van der Waals surface area (Å²) in [7, 11) is 0. The maximum Gasteiger partial charge on any atom is 0.408 e. The van der Waals surface area contributed by atoms with Gasteiger partial charge in [-0.15, -0.1) is 0 Å². The fourth-order valence-corrected chi connectivity index (χ4v) is 3.78.